The molecule has 0 amide bonds. The lowest BCUT2D eigenvalue weighted by Gasteiger charge is -2.17. The summed E-state index contributed by atoms with van der Waals surface area (Å²) in [5.74, 6) is -0.297. The average Bonchev–Trinajstić information content (AvgIpc) is 2.69. The van der Waals surface area contributed by atoms with E-state index in [2.05, 4.69) is 15.7 Å². The van der Waals surface area contributed by atoms with Crippen LogP contribution in [-0.2, 0) is 7.05 Å². The third-order valence-corrected chi connectivity index (χ3v) is 3.39. The fraction of sp³-hybridized carbons (Fsp3) is 0.286. The van der Waals surface area contributed by atoms with Crippen molar-refractivity contribution in [3.63, 3.8) is 0 Å². The highest BCUT2D eigenvalue weighted by atomic mass is 32.1. The minimum absolute atomic E-state index is 0.0252. The predicted molar refractivity (Wildman–Crippen MR) is 82.1 cm³/mol. The van der Waals surface area contributed by atoms with Gasteiger partial charge >= 0.3 is 0 Å². The van der Waals surface area contributed by atoms with E-state index in [1.165, 1.54) is 12.1 Å². The lowest BCUT2D eigenvalue weighted by Crippen LogP contribution is -2.31. The molecule has 2 aromatic rings. The minimum Gasteiger partial charge on any atom is -0.356 e. The van der Waals surface area contributed by atoms with Gasteiger partial charge in [0, 0.05) is 24.0 Å². The maximum Gasteiger partial charge on any atom is 0.171 e. The minimum atomic E-state index is -0.297. The Kier molecular flexibility index (Phi) is 4.34. The maximum absolute atomic E-state index is 13.1. The quantitative estimate of drug-likeness (QED) is 0.854. The van der Waals surface area contributed by atoms with Crippen LogP contribution < -0.4 is 10.6 Å². The summed E-state index contributed by atoms with van der Waals surface area (Å²) in [5, 5.41) is 10.8. The number of aromatic nitrogens is 2. The number of nitrogens with zero attached hydrogens (tertiary/aromatic N) is 2. The van der Waals surface area contributed by atoms with Crippen LogP contribution in [0.4, 0.5) is 10.1 Å². The third kappa shape index (κ3) is 3.33. The van der Waals surface area contributed by atoms with Gasteiger partial charge in [0.2, 0.25) is 0 Å². The van der Waals surface area contributed by atoms with Gasteiger partial charge < -0.3 is 10.6 Å². The van der Waals surface area contributed by atoms with E-state index < -0.39 is 0 Å². The molecule has 106 valence electrons. The SMILES string of the molecule is Cc1c(C(C)NC(=S)Nc2cccc(F)c2)cnn1C. The van der Waals surface area contributed by atoms with Crippen molar-refractivity contribution in [2.24, 2.45) is 7.05 Å². The summed E-state index contributed by atoms with van der Waals surface area (Å²) < 4.78 is 14.9. The second kappa shape index (κ2) is 6.00. The van der Waals surface area contributed by atoms with Crippen molar-refractivity contribution >= 4 is 23.0 Å². The molecule has 0 saturated carbocycles. The fourth-order valence-electron chi connectivity index (χ4n) is 1.95. The van der Waals surface area contributed by atoms with Gasteiger partial charge in [0.15, 0.2) is 5.11 Å². The number of rotatable bonds is 3. The van der Waals surface area contributed by atoms with Crippen LogP contribution in [0.15, 0.2) is 30.5 Å². The summed E-state index contributed by atoms with van der Waals surface area (Å²) >= 11 is 5.23. The number of thiocarbonyl (C=S) groups is 1. The highest BCUT2D eigenvalue weighted by Crippen LogP contribution is 2.16. The summed E-state index contributed by atoms with van der Waals surface area (Å²) in [6.45, 7) is 4.01. The van der Waals surface area contributed by atoms with E-state index in [4.69, 9.17) is 12.2 Å². The molecule has 0 radical (unpaired) electrons. The van der Waals surface area contributed by atoms with Crippen LogP contribution in [-0.4, -0.2) is 14.9 Å². The van der Waals surface area contributed by atoms with Crippen LogP contribution in [0.25, 0.3) is 0 Å². The zero-order chi connectivity index (χ0) is 14.7. The van der Waals surface area contributed by atoms with Crippen molar-refractivity contribution in [2.75, 3.05) is 5.32 Å². The van der Waals surface area contributed by atoms with E-state index in [1.54, 1.807) is 12.1 Å². The first-order chi connectivity index (χ1) is 9.47. The number of hydrogen-bond donors (Lipinski definition) is 2. The molecule has 20 heavy (non-hydrogen) atoms. The summed E-state index contributed by atoms with van der Waals surface area (Å²) in [7, 11) is 1.90. The Labute approximate surface area is 123 Å². The van der Waals surface area contributed by atoms with Crippen molar-refractivity contribution in [1.29, 1.82) is 0 Å². The predicted octanol–water partition coefficient (Wildman–Crippen LogP) is 2.92. The molecule has 0 aliphatic rings. The molecular weight excluding hydrogens is 275 g/mol. The van der Waals surface area contributed by atoms with Crippen LogP contribution in [0.5, 0.6) is 0 Å². The number of nitrogens with one attached hydrogen (secondary N) is 2. The number of aryl methyl sites for hydroxylation is 1. The first-order valence-corrected chi connectivity index (χ1v) is 6.70. The molecule has 0 aliphatic heterocycles. The number of hydrogen-bond acceptors (Lipinski definition) is 2. The van der Waals surface area contributed by atoms with Crippen LogP contribution in [0.1, 0.15) is 24.2 Å². The molecule has 1 atom stereocenters. The summed E-state index contributed by atoms with van der Waals surface area (Å²) in [6, 6.07) is 6.21. The Morgan fingerprint density at radius 1 is 1.45 bits per heavy atom. The molecule has 1 heterocycles. The highest BCUT2D eigenvalue weighted by molar-refractivity contribution is 7.80. The van der Waals surface area contributed by atoms with E-state index in [0.29, 0.717) is 10.8 Å². The van der Waals surface area contributed by atoms with Gasteiger partial charge in [-0.2, -0.15) is 5.10 Å². The molecule has 6 heteroatoms. The molecule has 1 aromatic heterocycles. The monoisotopic (exact) mass is 292 g/mol. The Balaban J connectivity index is 1.99. The molecular formula is C14H17FN4S. The molecule has 1 aromatic carbocycles. The summed E-state index contributed by atoms with van der Waals surface area (Å²) in [5.41, 5.74) is 2.78. The van der Waals surface area contributed by atoms with E-state index in [1.807, 2.05) is 31.8 Å². The van der Waals surface area contributed by atoms with Gasteiger partial charge in [0.05, 0.1) is 12.2 Å². The molecule has 0 fully saturated rings. The normalized spacial score (nSPS) is 12.0. The van der Waals surface area contributed by atoms with E-state index in [9.17, 15) is 4.39 Å². The van der Waals surface area contributed by atoms with Crippen molar-refractivity contribution in [3.05, 3.63) is 47.5 Å². The molecule has 0 bridgehead atoms. The third-order valence-electron chi connectivity index (χ3n) is 3.17. The van der Waals surface area contributed by atoms with Crippen molar-refractivity contribution in [1.82, 2.24) is 15.1 Å². The first kappa shape index (κ1) is 14.5. The Hall–Kier alpha value is -1.95. The standard InChI is InChI=1S/C14H17FN4S/c1-9(13-8-16-19(3)10(13)2)17-14(20)18-12-6-4-5-11(15)7-12/h4-9H,1-3H3,(H2,17,18,20). The molecule has 0 spiro atoms. The fourth-order valence-corrected chi connectivity index (χ4v) is 2.24. The van der Waals surface area contributed by atoms with Crippen molar-refractivity contribution in [2.45, 2.75) is 19.9 Å². The lowest BCUT2D eigenvalue weighted by atomic mass is 10.1. The van der Waals surface area contributed by atoms with Gasteiger partial charge in [0.1, 0.15) is 5.82 Å². The van der Waals surface area contributed by atoms with Crippen molar-refractivity contribution < 1.29 is 4.39 Å². The summed E-state index contributed by atoms with van der Waals surface area (Å²) in [6.07, 6.45) is 1.82. The second-order valence-electron chi connectivity index (χ2n) is 4.64. The summed E-state index contributed by atoms with van der Waals surface area (Å²) in [4.78, 5) is 0. The van der Waals surface area contributed by atoms with Gasteiger partial charge in [-0.25, -0.2) is 4.39 Å². The molecule has 0 saturated heterocycles. The Morgan fingerprint density at radius 3 is 2.80 bits per heavy atom. The van der Waals surface area contributed by atoms with Crippen LogP contribution >= 0.6 is 12.2 Å². The maximum atomic E-state index is 13.1. The van der Waals surface area contributed by atoms with Crippen LogP contribution in [0.2, 0.25) is 0 Å². The zero-order valence-corrected chi connectivity index (χ0v) is 12.5. The van der Waals surface area contributed by atoms with Gasteiger partial charge in [-0.3, -0.25) is 4.68 Å². The average molecular weight is 292 g/mol. The Bertz CT molecular complexity index is 623. The smallest absolute Gasteiger partial charge is 0.171 e. The zero-order valence-electron chi connectivity index (χ0n) is 11.6. The van der Waals surface area contributed by atoms with Gasteiger partial charge in [-0.05, 0) is 44.3 Å². The topological polar surface area (TPSA) is 41.9 Å². The molecule has 1 unspecified atom stereocenters. The van der Waals surface area contributed by atoms with Gasteiger partial charge in [-0.15, -0.1) is 0 Å². The first-order valence-electron chi connectivity index (χ1n) is 6.29. The molecule has 0 aliphatic carbocycles. The van der Waals surface area contributed by atoms with Crippen LogP contribution in [0, 0.1) is 12.7 Å². The Morgan fingerprint density at radius 2 is 2.20 bits per heavy atom. The van der Waals surface area contributed by atoms with Crippen LogP contribution in [0.3, 0.4) is 0 Å². The second-order valence-corrected chi connectivity index (χ2v) is 5.05. The van der Waals surface area contributed by atoms with Gasteiger partial charge in [0.25, 0.3) is 0 Å². The number of benzene rings is 1. The molecule has 2 N–H and O–H groups in total. The van der Waals surface area contributed by atoms with Gasteiger partial charge in [-0.1, -0.05) is 6.07 Å². The van der Waals surface area contributed by atoms with E-state index in [0.717, 1.165) is 11.3 Å². The lowest BCUT2D eigenvalue weighted by molar-refractivity contribution is 0.628. The number of anilines is 1. The van der Waals surface area contributed by atoms with E-state index >= 15 is 0 Å². The largest absolute Gasteiger partial charge is 0.356 e. The number of halogens is 1. The van der Waals surface area contributed by atoms with Crippen molar-refractivity contribution in [3.8, 4) is 0 Å². The van der Waals surface area contributed by atoms with E-state index in [-0.39, 0.29) is 11.9 Å². The molecule has 2 rings (SSSR count). The molecule has 4 nitrogen and oxygen atoms in total. The highest BCUT2D eigenvalue weighted by Gasteiger charge is 2.12.